The van der Waals surface area contributed by atoms with Crippen molar-refractivity contribution in [3.05, 3.63) is 22.8 Å². The second-order valence-corrected chi connectivity index (χ2v) is 4.98. The molecule has 0 saturated heterocycles. The predicted molar refractivity (Wildman–Crippen MR) is 69.0 cm³/mol. The molecule has 0 aliphatic heterocycles. The van der Waals surface area contributed by atoms with Crippen LogP contribution in [0.5, 0.6) is 0 Å². The van der Waals surface area contributed by atoms with Gasteiger partial charge < -0.3 is 16.8 Å². The molecule has 0 saturated carbocycles. The lowest BCUT2D eigenvalue weighted by atomic mass is 10.00. The number of carbonyl (C=O) groups is 2. The summed E-state index contributed by atoms with van der Waals surface area (Å²) in [4.78, 5) is 26.5. The standard InChI is InChI=1S/C11H15ClN4O2/c1-11(2,4-8(13)17)16-10(18)6-3-7(12)9(14)15-5-6/h3,5H,4H2,1-2H3,(H2,13,17)(H2,14,15)(H,16,18). The van der Waals surface area contributed by atoms with E-state index in [1.807, 2.05) is 0 Å². The van der Waals surface area contributed by atoms with Crippen molar-refractivity contribution in [1.82, 2.24) is 10.3 Å². The van der Waals surface area contributed by atoms with Gasteiger partial charge in [-0.2, -0.15) is 0 Å². The van der Waals surface area contributed by atoms with Crippen LogP contribution in [0.25, 0.3) is 0 Å². The molecule has 0 aliphatic rings. The monoisotopic (exact) mass is 270 g/mol. The molecule has 0 radical (unpaired) electrons. The van der Waals surface area contributed by atoms with Crippen LogP contribution in [-0.4, -0.2) is 22.3 Å². The van der Waals surface area contributed by atoms with E-state index < -0.39 is 17.4 Å². The van der Waals surface area contributed by atoms with Gasteiger partial charge in [-0.1, -0.05) is 11.6 Å². The van der Waals surface area contributed by atoms with Crippen molar-refractivity contribution >= 4 is 29.2 Å². The van der Waals surface area contributed by atoms with E-state index in [9.17, 15) is 9.59 Å². The number of hydrogen-bond acceptors (Lipinski definition) is 4. The molecule has 0 aromatic carbocycles. The molecule has 5 N–H and O–H groups in total. The third-order valence-corrected chi connectivity index (χ3v) is 2.50. The van der Waals surface area contributed by atoms with E-state index in [-0.39, 0.29) is 22.8 Å². The first-order valence-electron chi connectivity index (χ1n) is 5.23. The number of nitrogens with zero attached hydrogens (tertiary/aromatic N) is 1. The van der Waals surface area contributed by atoms with E-state index in [1.165, 1.54) is 12.3 Å². The number of nitrogen functional groups attached to an aromatic ring is 1. The smallest absolute Gasteiger partial charge is 0.253 e. The molecular formula is C11H15ClN4O2. The number of pyridine rings is 1. The summed E-state index contributed by atoms with van der Waals surface area (Å²) in [6, 6.07) is 1.42. The van der Waals surface area contributed by atoms with Crippen LogP contribution in [0, 0.1) is 0 Å². The first kappa shape index (κ1) is 14.2. The third-order valence-electron chi connectivity index (χ3n) is 2.20. The molecule has 0 atom stereocenters. The van der Waals surface area contributed by atoms with Crippen LogP contribution in [0.1, 0.15) is 30.6 Å². The molecule has 7 heteroatoms. The maximum atomic E-state index is 11.9. The first-order valence-corrected chi connectivity index (χ1v) is 5.61. The van der Waals surface area contributed by atoms with E-state index in [1.54, 1.807) is 13.8 Å². The molecule has 98 valence electrons. The van der Waals surface area contributed by atoms with Gasteiger partial charge in [0, 0.05) is 18.2 Å². The lowest BCUT2D eigenvalue weighted by Gasteiger charge is -2.24. The van der Waals surface area contributed by atoms with Crippen LogP contribution in [0.2, 0.25) is 5.02 Å². The maximum Gasteiger partial charge on any atom is 0.253 e. The Morgan fingerprint density at radius 2 is 2.11 bits per heavy atom. The van der Waals surface area contributed by atoms with Crippen LogP contribution in [0.15, 0.2) is 12.3 Å². The topological polar surface area (TPSA) is 111 Å². The molecule has 2 amide bonds. The summed E-state index contributed by atoms with van der Waals surface area (Å²) in [5, 5.41) is 2.88. The number of anilines is 1. The summed E-state index contributed by atoms with van der Waals surface area (Å²) < 4.78 is 0. The van der Waals surface area contributed by atoms with E-state index in [0.717, 1.165) is 0 Å². The lowest BCUT2D eigenvalue weighted by molar-refractivity contribution is -0.119. The van der Waals surface area contributed by atoms with E-state index in [0.29, 0.717) is 0 Å². The SMILES string of the molecule is CC(C)(CC(N)=O)NC(=O)c1cnc(N)c(Cl)c1. The molecule has 18 heavy (non-hydrogen) atoms. The van der Waals surface area contributed by atoms with E-state index in [4.69, 9.17) is 23.1 Å². The van der Waals surface area contributed by atoms with Gasteiger partial charge in [0.25, 0.3) is 5.91 Å². The summed E-state index contributed by atoms with van der Waals surface area (Å²) >= 11 is 5.77. The van der Waals surface area contributed by atoms with Crippen LogP contribution >= 0.6 is 11.6 Å². The summed E-state index contributed by atoms with van der Waals surface area (Å²) in [7, 11) is 0. The predicted octanol–water partition coefficient (Wildman–Crippen LogP) is 0.701. The van der Waals surface area contributed by atoms with Gasteiger partial charge >= 0.3 is 0 Å². The molecule has 0 unspecified atom stereocenters. The quantitative estimate of drug-likeness (QED) is 0.748. The molecule has 1 heterocycles. The van der Waals surface area contributed by atoms with Crippen molar-refractivity contribution in [1.29, 1.82) is 0 Å². The number of primary amides is 1. The maximum absolute atomic E-state index is 11.9. The molecular weight excluding hydrogens is 256 g/mol. The van der Waals surface area contributed by atoms with Crippen LogP contribution in [0.4, 0.5) is 5.82 Å². The molecule has 1 rings (SSSR count). The van der Waals surface area contributed by atoms with Crippen molar-refractivity contribution < 1.29 is 9.59 Å². The van der Waals surface area contributed by atoms with Crippen LogP contribution in [-0.2, 0) is 4.79 Å². The Balaban J connectivity index is 2.82. The molecule has 0 spiro atoms. The number of amides is 2. The van der Waals surface area contributed by atoms with Crippen LogP contribution in [0.3, 0.4) is 0 Å². The van der Waals surface area contributed by atoms with Crippen molar-refractivity contribution in [2.75, 3.05) is 5.73 Å². The number of halogens is 1. The minimum absolute atomic E-state index is 0.0366. The lowest BCUT2D eigenvalue weighted by Crippen LogP contribution is -2.46. The third kappa shape index (κ3) is 3.89. The Hall–Kier alpha value is -1.82. The molecule has 6 nitrogen and oxygen atoms in total. The highest BCUT2D eigenvalue weighted by molar-refractivity contribution is 6.33. The largest absolute Gasteiger partial charge is 0.382 e. The van der Waals surface area contributed by atoms with Gasteiger partial charge in [0.15, 0.2) is 0 Å². The minimum atomic E-state index is -0.739. The van der Waals surface area contributed by atoms with E-state index in [2.05, 4.69) is 10.3 Å². The zero-order valence-electron chi connectivity index (χ0n) is 10.2. The zero-order valence-corrected chi connectivity index (χ0v) is 10.9. The number of carbonyl (C=O) groups excluding carboxylic acids is 2. The molecule has 1 aromatic rings. The van der Waals surface area contributed by atoms with Crippen LogP contribution < -0.4 is 16.8 Å². The Morgan fingerprint density at radius 3 is 2.61 bits per heavy atom. The van der Waals surface area contributed by atoms with Crippen molar-refractivity contribution in [2.45, 2.75) is 25.8 Å². The number of rotatable bonds is 4. The zero-order chi connectivity index (χ0) is 13.9. The fraction of sp³-hybridized carbons (Fsp3) is 0.364. The number of nitrogens with two attached hydrogens (primary N) is 2. The van der Waals surface area contributed by atoms with Gasteiger partial charge in [0.1, 0.15) is 5.82 Å². The Kier molecular flexibility index (Phi) is 4.13. The fourth-order valence-corrected chi connectivity index (χ4v) is 1.60. The molecule has 0 aliphatic carbocycles. The molecule has 1 aromatic heterocycles. The minimum Gasteiger partial charge on any atom is -0.382 e. The summed E-state index contributed by atoms with van der Waals surface area (Å²) in [6.07, 6.45) is 1.35. The number of nitrogens with one attached hydrogen (secondary N) is 1. The highest BCUT2D eigenvalue weighted by Gasteiger charge is 2.23. The van der Waals surface area contributed by atoms with Crippen molar-refractivity contribution in [3.8, 4) is 0 Å². The van der Waals surface area contributed by atoms with Gasteiger partial charge in [0.2, 0.25) is 5.91 Å². The van der Waals surface area contributed by atoms with Gasteiger partial charge in [-0.25, -0.2) is 4.98 Å². The van der Waals surface area contributed by atoms with Gasteiger partial charge in [-0.15, -0.1) is 0 Å². The Morgan fingerprint density at radius 1 is 1.50 bits per heavy atom. The van der Waals surface area contributed by atoms with Gasteiger partial charge in [-0.3, -0.25) is 9.59 Å². The summed E-state index contributed by atoms with van der Waals surface area (Å²) in [5.74, 6) is -0.728. The normalized spacial score (nSPS) is 11.1. The average Bonchev–Trinajstić information content (AvgIpc) is 2.19. The van der Waals surface area contributed by atoms with E-state index >= 15 is 0 Å². The highest BCUT2D eigenvalue weighted by atomic mass is 35.5. The Labute approximate surface area is 110 Å². The van der Waals surface area contributed by atoms with Gasteiger partial charge in [0.05, 0.1) is 10.6 Å². The number of aromatic nitrogens is 1. The Bertz CT molecular complexity index is 488. The highest BCUT2D eigenvalue weighted by Crippen LogP contribution is 2.17. The second-order valence-electron chi connectivity index (χ2n) is 4.57. The number of hydrogen-bond donors (Lipinski definition) is 3. The van der Waals surface area contributed by atoms with Crippen molar-refractivity contribution in [3.63, 3.8) is 0 Å². The van der Waals surface area contributed by atoms with Gasteiger partial charge in [-0.05, 0) is 19.9 Å². The average molecular weight is 271 g/mol. The second kappa shape index (κ2) is 5.22. The fourth-order valence-electron chi connectivity index (χ4n) is 1.43. The first-order chi connectivity index (χ1) is 8.21. The summed E-state index contributed by atoms with van der Waals surface area (Å²) in [5.41, 5.74) is 10.1. The molecule has 0 fully saturated rings. The van der Waals surface area contributed by atoms with Crippen molar-refractivity contribution in [2.24, 2.45) is 5.73 Å². The summed E-state index contributed by atoms with van der Waals surface area (Å²) in [6.45, 7) is 3.39. The molecule has 0 bridgehead atoms.